The first-order chi connectivity index (χ1) is 17.1. The summed E-state index contributed by atoms with van der Waals surface area (Å²) in [6, 6.07) is 9.23. The van der Waals surface area contributed by atoms with E-state index in [9.17, 15) is 23.1 Å². The molecule has 0 bridgehead atoms. The second-order valence-corrected chi connectivity index (χ2v) is 8.26. The fraction of sp³-hybridized carbons (Fsp3) is 0.333. The lowest BCUT2D eigenvalue weighted by atomic mass is 10.0. The number of hydrogen-bond donors (Lipinski definition) is 3. The van der Waals surface area contributed by atoms with Crippen molar-refractivity contribution in [1.29, 1.82) is 0 Å². The molecule has 3 aromatic rings. The van der Waals surface area contributed by atoms with Gasteiger partial charge in [0.2, 0.25) is 11.8 Å². The Morgan fingerprint density at radius 2 is 2.00 bits per heavy atom. The third-order valence-electron chi connectivity index (χ3n) is 5.45. The number of aliphatic hydroxyl groups excluding tert-OH is 2. The van der Waals surface area contributed by atoms with Crippen LogP contribution in [0.15, 0.2) is 42.5 Å². The zero-order valence-corrected chi connectivity index (χ0v) is 19.3. The second kappa shape index (κ2) is 10.5. The van der Waals surface area contributed by atoms with Crippen molar-refractivity contribution < 1.29 is 32.9 Å². The zero-order chi connectivity index (χ0) is 25.9. The fourth-order valence-electron chi connectivity index (χ4n) is 3.72. The quantitative estimate of drug-likeness (QED) is 0.470. The van der Waals surface area contributed by atoms with Gasteiger partial charge in [0.25, 0.3) is 0 Å². The Labute approximate surface area is 204 Å². The highest BCUT2D eigenvalue weighted by Crippen LogP contribution is 2.33. The van der Waals surface area contributed by atoms with E-state index in [-0.39, 0.29) is 24.0 Å². The minimum absolute atomic E-state index is 0.0327. The minimum Gasteiger partial charge on any atom is -0.475 e. The topological polar surface area (TPSA) is 121 Å². The Bertz CT molecular complexity index is 1250. The maximum Gasteiger partial charge on any atom is 0.416 e. The van der Waals surface area contributed by atoms with E-state index in [1.807, 2.05) is 0 Å². The highest BCUT2D eigenvalue weighted by atomic mass is 19.4. The van der Waals surface area contributed by atoms with Gasteiger partial charge in [-0.25, -0.2) is 14.8 Å². The highest BCUT2D eigenvalue weighted by Gasteiger charge is 2.31. The standard InChI is InChI=1S/C24H24F3N5O4/c1-14-10-20(36-13-18(34)12-33)30-22(28-14)31-23(35)32-9-3-5-15-7-8-19(29-21(15)32)16-4-2-6-17(11-16)24(25,26)27/h2,4,6-8,10-11,18,33-34H,3,5,9,12-13H2,1H3,(H,28,30,31,35). The largest absolute Gasteiger partial charge is 0.475 e. The molecule has 1 aliphatic heterocycles. The fourth-order valence-corrected chi connectivity index (χ4v) is 3.72. The predicted molar refractivity (Wildman–Crippen MR) is 125 cm³/mol. The zero-order valence-electron chi connectivity index (χ0n) is 19.3. The molecule has 1 aromatic carbocycles. The molecule has 190 valence electrons. The molecule has 0 aliphatic carbocycles. The van der Waals surface area contributed by atoms with Crippen molar-refractivity contribution in [2.75, 3.05) is 30.0 Å². The van der Waals surface area contributed by atoms with Gasteiger partial charge in [0.05, 0.1) is 17.9 Å². The summed E-state index contributed by atoms with van der Waals surface area (Å²) in [7, 11) is 0. The number of nitrogens with one attached hydrogen (secondary N) is 1. The average Bonchev–Trinajstić information content (AvgIpc) is 2.85. The number of aromatic nitrogens is 3. The normalized spacial score (nSPS) is 14.2. The summed E-state index contributed by atoms with van der Waals surface area (Å²) >= 11 is 0. The molecule has 4 rings (SSSR count). The number of pyridine rings is 1. The summed E-state index contributed by atoms with van der Waals surface area (Å²) in [5.74, 6) is 0.424. The van der Waals surface area contributed by atoms with E-state index in [0.717, 1.165) is 17.7 Å². The highest BCUT2D eigenvalue weighted by molar-refractivity contribution is 6.01. The molecule has 0 radical (unpaired) electrons. The van der Waals surface area contributed by atoms with E-state index in [1.165, 1.54) is 23.1 Å². The third kappa shape index (κ3) is 5.89. The number of halogens is 3. The van der Waals surface area contributed by atoms with Crippen molar-refractivity contribution in [1.82, 2.24) is 15.0 Å². The van der Waals surface area contributed by atoms with Crippen LogP contribution >= 0.6 is 0 Å². The van der Waals surface area contributed by atoms with Gasteiger partial charge in [-0.15, -0.1) is 0 Å². The van der Waals surface area contributed by atoms with E-state index < -0.39 is 30.5 Å². The molecule has 1 aliphatic rings. The molecule has 0 saturated heterocycles. The Kier molecular flexibility index (Phi) is 7.36. The summed E-state index contributed by atoms with van der Waals surface area (Å²) in [6.45, 7) is 1.35. The number of fused-ring (bicyclic) bond motifs is 1. The smallest absolute Gasteiger partial charge is 0.416 e. The van der Waals surface area contributed by atoms with Crippen molar-refractivity contribution in [2.45, 2.75) is 32.0 Å². The minimum atomic E-state index is -4.48. The molecular formula is C24H24F3N5O4. The Hall–Kier alpha value is -3.77. The molecule has 1 atom stereocenters. The van der Waals surface area contributed by atoms with Gasteiger partial charge in [-0.05, 0) is 43.5 Å². The Morgan fingerprint density at radius 3 is 2.75 bits per heavy atom. The van der Waals surface area contributed by atoms with Gasteiger partial charge in [0.15, 0.2) is 0 Å². The summed E-state index contributed by atoms with van der Waals surface area (Å²) < 4.78 is 44.8. The SMILES string of the molecule is Cc1cc(OCC(O)CO)nc(NC(=O)N2CCCc3ccc(-c4cccc(C(F)(F)F)c4)nc32)n1. The number of nitrogens with zero attached hydrogens (tertiary/aromatic N) is 4. The number of anilines is 2. The molecule has 0 saturated carbocycles. The van der Waals surface area contributed by atoms with Gasteiger partial charge < -0.3 is 14.9 Å². The number of carbonyl (C=O) groups excluding carboxylic acids is 1. The Morgan fingerprint density at radius 1 is 1.19 bits per heavy atom. The lowest BCUT2D eigenvalue weighted by Crippen LogP contribution is -2.39. The van der Waals surface area contributed by atoms with E-state index in [1.54, 1.807) is 19.1 Å². The number of aliphatic hydroxyl groups is 2. The van der Waals surface area contributed by atoms with E-state index in [2.05, 4.69) is 20.3 Å². The number of amides is 2. The van der Waals surface area contributed by atoms with Crippen LogP contribution in [0.4, 0.5) is 29.7 Å². The first-order valence-electron chi connectivity index (χ1n) is 11.2. The molecule has 0 spiro atoms. The van der Waals surface area contributed by atoms with Gasteiger partial charge >= 0.3 is 12.2 Å². The lowest BCUT2D eigenvalue weighted by molar-refractivity contribution is -0.137. The number of hydrogen-bond acceptors (Lipinski definition) is 7. The van der Waals surface area contributed by atoms with Crippen LogP contribution in [-0.4, -0.2) is 57.1 Å². The maximum absolute atomic E-state index is 13.2. The summed E-state index contributed by atoms with van der Waals surface area (Å²) in [5, 5.41) is 21.0. The molecule has 9 nitrogen and oxygen atoms in total. The van der Waals surface area contributed by atoms with E-state index >= 15 is 0 Å². The number of rotatable bonds is 6. The third-order valence-corrected chi connectivity index (χ3v) is 5.45. The number of urea groups is 1. The Balaban J connectivity index is 1.57. The number of aryl methyl sites for hydroxylation is 2. The van der Waals surface area contributed by atoms with Gasteiger partial charge in [-0.2, -0.15) is 18.2 Å². The van der Waals surface area contributed by atoms with Crippen LogP contribution in [0.25, 0.3) is 11.3 Å². The van der Waals surface area contributed by atoms with Crippen molar-refractivity contribution in [3.63, 3.8) is 0 Å². The van der Waals surface area contributed by atoms with Crippen molar-refractivity contribution in [3.05, 3.63) is 59.3 Å². The van der Waals surface area contributed by atoms with Crippen LogP contribution in [0, 0.1) is 6.92 Å². The molecule has 3 heterocycles. The monoisotopic (exact) mass is 503 g/mol. The molecule has 36 heavy (non-hydrogen) atoms. The molecule has 3 N–H and O–H groups in total. The van der Waals surface area contributed by atoms with Crippen LogP contribution in [0.1, 0.15) is 23.2 Å². The van der Waals surface area contributed by atoms with Gasteiger partial charge in [0.1, 0.15) is 18.5 Å². The second-order valence-electron chi connectivity index (χ2n) is 8.26. The maximum atomic E-state index is 13.2. The number of ether oxygens (including phenoxy) is 1. The first kappa shape index (κ1) is 25.3. The molecule has 0 fully saturated rings. The first-order valence-corrected chi connectivity index (χ1v) is 11.2. The van der Waals surface area contributed by atoms with E-state index in [0.29, 0.717) is 36.6 Å². The summed E-state index contributed by atoms with van der Waals surface area (Å²) in [4.78, 5) is 27.4. The van der Waals surface area contributed by atoms with Crippen LogP contribution < -0.4 is 15.0 Å². The van der Waals surface area contributed by atoms with E-state index in [4.69, 9.17) is 9.84 Å². The molecule has 2 aromatic heterocycles. The van der Waals surface area contributed by atoms with Crippen LogP contribution in [0.5, 0.6) is 5.88 Å². The van der Waals surface area contributed by atoms with Crippen LogP contribution in [0.3, 0.4) is 0 Å². The van der Waals surface area contributed by atoms with Crippen LogP contribution in [-0.2, 0) is 12.6 Å². The molecule has 1 unspecified atom stereocenters. The van der Waals surface area contributed by atoms with Gasteiger partial charge in [0, 0.05) is 23.9 Å². The van der Waals surface area contributed by atoms with Crippen molar-refractivity contribution >= 4 is 17.8 Å². The van der Waals surface area contributed by atoms with Crippen LogP contribution in [0.2, 0.25) is 0 Å². The summed E-state index contributed by atoms with van der Waals surface area (Å²) in [6.07, 6.45) is -4.23. The molecular weight excluding hydrogens is 479 g/mol. The lowest BCUT2D eigenvalue weighted by Gasteiger charge is -2.28. The van der Waals surface area contributed by atoms with Crippen molar-refractivity contribution in [3.8, 4) is 17.1 Å². The van der Waals surface area contributed by atoms with Gasteiger partial charge in [-0.1, -0.05) is 18.2 Å². The predicted octanol–water partition coefficient (Wildman–Crippen LogP) is 3.58. The van der Waals surface area contributed by atoms with Gasteiger partial charge in [-0.3, -0.25) is 10.2 Å². The molecule has 12 heteroatoms. The molecule has 2 amide bonds. The number of carbonyl (C=O) groups is 1. The number of benzene rings is 1. The number of alkyl halides is 3. The van der Waals surface area contributed by atoms with Crippen molar-refractivity contribution in [2.24, 2.45) is 0 Å². The average molecular weight is 503 g/mol. The summed E-state index contributed by atoms with van der Waals surface area (Å²) in [5.41, 5.74) is 1.10.